The van der Waals surface area contributed by atoms with Crippen molar-refractivity contribution < 1.29 is 37.1 Å². The molecular formula is C12H9CrO5. The summed E-state index contributed by atoms with van der Waals surface area (Å²) < 4.78 is 3.69. The molecule has 93 valence electrons. The number of carbonyl (C=O) groups excluding carboxylic acids is 4. The topological polar surface area (TPSA) is 91.3 Å². The molecule has 6 heteroatoms. The number of aromatic carboxylic acids is 1. The summed E-state index contributed by atoms with van der Waals surface area (Å²) in [5.74, 6) is -1.09. The summed E-state index contributed by atoms with van der Waals surface area (Å²) in [4.78, 5) is 38.6. The Bertz CT molecular complexity index is 595. The number of hydrogen-bond acceptors (Lipinski definition) is 5. The van der Waals surface area contributed by atoms with E-state index in [2.05, 4.69) is 0 Å². The standard InChI is InChI=1S/C9H10O2.3CO.Cr/c1-2-7-5-3-4-6-8(7)9(10)11;3*1-2;/h3-6H,2H2,1H3,(H,10,11);;;;/q;;;;+1/p-1. The summed E-state index contributed by atoms with van der Waals surface area (Å²) in [6.07, 6.45) is 0.726. The molecule has 0 bridgehead atoms. The molecule has 0 radical (unpaired) electrons. The van der Waals surface area contributed by atoms with Crippen molar-refractivity contribution >= 4 is 20.2 Å². The molecule has 18 heavy (non-hydrogen) atoms. The normalized spacial score (nSPS) is 7.83. The molecule has 0 N–H and O–H groups in total. The van der Waals surface area contributed by atoms with E-state index in [4.69, 9.17) is 0 Å². The Morgan fingerprint density at radius 1 is 1.17 bits per heavy atom. The van der Waals surface area contributed by atoms with Crippen LogP contribution in [0.1, 0.15) is 22.8 Å². The van der Waals surface area contributed by atoms with E-state index in [-0.39, 0.29) is 0 Å². The van der Waals surface area contributed by atoms with Crippen LogP contribution in [-0.2, 0) is 33.6 Å². The summed E-state index contributed by atoms with van der Waals surface area (Å²) in [5, 5.41) is 10.5. The van der Waals surface area contributed by atoms with Crippen molar-refractivity contribution in [2.24, 2.45) is 0 Å². The van der Waals surface area contributed by atoms with Crippen molar-refractivity contribution in [3.63, 3.8) is 0 Å². The predicted molar refractivity (Wildman–Crippen MR) is 57.2 cm³/mol. The fourth-order valence-electron chi connectivity index (χ4n) is 1.08. The van der Waals surface area contributed by atoms with E-state index < -0.39 is 18.8 Å². The molecule has 0 aromatic heterocycles. The molecular weight excluding hydrogens is 276 g/mol. The predicted octanol–water partition coefficient (Wildman–Crippen LogP) is -0.581. The molecule has 1 rings (SSSR count). The van der Waals surface area contributed by atoms with E-state index in [1.807, 2.05) is 13.0 Å². The summed E-state index contributed by atoms with van der Waals surface area (Å²) >= 11 is -2.47. The molecule has 0 saturated carbocycles. The number of hydrogen-bond donors (Lipinski definition) is 0. The first-order valence-electron chi connectivity index (χ1n) is 4.77. The maximum atomic E-state index is 10.5. The van der Waals surface area contributed by atoms with Crippen LogP contribution in [0.2, 0.25) is 0 Å². The Morgan fingerprint density at radius 2 is 1.67 bits per heavy atom. The van der Waals surface area contributed by atoms with E-state index in [0.29, 0.717) is 5.56 Å². The van der Waals surface area contributed by atoms with Crippen molar-refractivity contribution in [2.75, 3.05) is 0 Å². The van der Waals surface area contributed by atoms with Gasteiger partial charge in [0.1, 0.15) is 0 Å². The summed E-state index contributed by atoms with van der Waals surface area (Å²) in [6, 6.07) is 6.88. The van der Waals surface area contributed by atoms with Gasteiger partial charge < -0.3 is 9.90 Å². The first-order chi connectivity index (χ1) is 8.60. The zero-order chi connectivity index (χ0) is 14.0. The maximum absolute atomic E-state index is 10.5. The molecule has 1 aromatic carbocycles. The van der Waals surface area contributed by atoms with Gasteiger partial charge in [-0.1, -0.05) is 31.2 Å². The van der Waals surface area contributed by atoms with Crippen LogP contribution < -0.4 is 5.11 Å². The molecule has 0 spiro atoms. The second kappa shape index (κ2) is 9.04. The van der Waals surface area contributed by atoms with Crippen molar-refractivity contribution in [1.82, 2.24) is 0 Å². The van der Waals surface area contributed by atoms with Gasteiger partial charge in [-0.25, -0.2) is 0 Å². The van der Waals surface area contributed by atoms with Crippen LogP contribution in [0.4, 0.5) is 0 Å². The molecule has 0 atom stereocenters. The van der Waals surface area contributed by atoms with Gasteiger partial charge in [0.2, 0.25) is 0 Å². The average molecular weight is 285 g/mol. The van der Waals surface area contributed by atoms with Gasteiger partial charge in [-0.2, -0.15) is 0 Å². The molecule has 0 aliphatic carbocycles. The minimum atomic E-state index is -2.47. The van der Waals surface area contributed by atoms with Crippen molar-refractivity contribution in [1.29, 1.82) is 0 Å². The number of rotatable bonds is 2. The summed E-state index contributed by atoms with van der Waals surface area (Å²) in [5.41, 5.74) is 1.13. The monoisotopic (exact) mass is 285 g/mol. The molecule has 1 aromatic rings. The molecule has 0 heterocycles. The van der Waals surface area contributed by atoms with Crippen LogP contribution in [0.15, 0.2) is 24.3 Å². The number of benzene rings is 1. The summed E-state index contributed by atoms with van der Waals surface area (Å²) in [6.45, 7) is 1.92. The van der Waals surface area contributed by atoms with Gasteiger partial charge in [0.15, 0.2) is 0 Å². The number of carbonyl (C=O) groups is 1. The fourth-order valence-corrected chi connectivity index (χ4v) is 1.24. The van der Waals surface area contributed by atoms with Crippen molar-refractivity contribution in [3.8, 4) is 0 Å². The third kappa shape index (κ3) is 5.34. The molecule has 0 aliphatic rings. The van der Waals surface area contributed by atoms with Crippen molar-refractivity contribution in [3.05, 3.63) is 35.4 Å². The zero-order valence-electron chi connectivity index (χ0n) is 9.47. The molecule has 0 saturated heterocycles. The van der Waals surface area contributed by atoms with Gasteiger partial charge >= 0.3 is 41.5 Å². The molecule has 0 unspecified atom stereocenters. The fraction of sp³-hybridized carbons (Fsp3) is 0.167. The molecule has 0 aliphatic heterocycles. The SMILES string of the molecule is CCc1ccccc1C(=O)[O-].O=[C]=[Cr+](=[C]=O)=[C]=O. The van der Waals surface area contributed by atoms with Gasteiger partial charge in [-0.3, -0.25) is 0 Å². The van der Waals surface area contributed by atoms with Crippen LogP contribution in [0.25, 0.3) is 0 Å². The second-order valence-corrected chi connectivity index (χ2v) is 4.59. The summed E-state index contributed by atoms with van der Waals surface area (Å²) in [7, 11) is 0. The quantitative estimate of drug-likeness (QED) is 0.725. The molecule has 0 amide bonds. The second-order valence-electron chi connectivity index (χ2n) is 2.85. The molecule has 0 fully saturated rings. The van der Waals surface area contributed by atoms with Gasteiger partial charge in [0, 0.05) is 5.56 Å². The number of carboxylic acid groups (broad SMARTS) is 1. The van der Waals surface area contributed by atoms with Crippen LogP contribution in [0.3, 0.4) is 0 Å². The van der Waals surface area contributed by atoms with Crippen LogP contribution in [-0.4, -0.2) is 20.2 Å². The molecule has 5 nitrogen and oxygen atoms in total. The number of carboxylic acids is 1. The van der Waals surface area contributed by atoms with Gasteiger partial charge in [-0.15, -0.1) is 0 Å². The zero-order valence-corrected chi connectivity index (χ0v) is 10.7. The van der Waals surface area contributed by atoms with E-state index >= 15 is 0 Å². The Balaban J connectivity index is 0.000000360. The first kappa shape index (κ1) is 16.0. The Hall–Kier alpha value is -2.04. The Kier molecular flexibility index (Phi) is 8.02. The van der Waals surface area contributed by atoms with Crippen LogP contribution in [0, 0.1) is 0 Å². The third-order valence-electron chi connectivity index (χ3n) is 1.87. The van der Waals surface area contributed by atoms with E-state index in [0.717, 1.165) is 12.0 Å². The van der Waals surface area contributed by atoms with E-state index in [1.54, 1.807) is 18.2 Å². The average Bonchev–Trinajstić information content (AvgIpc) is 2.41. The van der Waals surface area contributed by atoms with Gasteiger partial charge in [0.25, 0.3) is 0 Å². The van der Waals surface area contributed by atoms with Gasteiger partial charge in [-0.05, 0) is 12.0 Å². The third-order valence-corrected chi connectivity index (χ3v) is 2.65. The Morgan fingerprint density at radius 3 is 1.94 bits per heavy atom. The number of aryl methyl sites for hydroxylation is 1. The van der Waals surface area contributed by atoms with E-state index in [9.17, 15) is 24.3 Å². The van der Waals surface area contributed by atoms with Crippen molar-refractivity contribution in [2.45, 2.75) is 13.3 Å². The van der Waals surface area contributed by atoms with E-state index in [1.165, 1.54) is 14.2 Å². The van der Waals surface area contributed by atoms with Gasteiger partial charge in [0.05, 0.1) is 5.97 Å². The Labute approximate surface area is 106 Å². The first-order valence-corrected chi connectivity index (χ1v) is 6.68. The van der Waals surface area contributed by atoms with Crippen LogP contribution in [0.5, 0.6) is 0 Å². The minimum absolute atomic E-state index is 0.301. The van der Waals surface area contributed by atoms with Crippen LogP contribution >= 0.6 is 0 Å².